The minimum atomic E-state index is -2.34. The molecule has 0 radical (unpaired) electrons. The lowest BCUT2D eigenvalue weighted by Gasteiger charge is -2.44. The molecule has 5 N–H and O–H groups in total. The molecule has 1 fully saturated rings. The maximum atomic E-state index is 10.5. The van der Waals surface area contributed by atoms with E-state index in [0.29, 0.717) is 0 Å². The molecule has 1 heterocycles. The van der Waals surface area contributed by atoms with Crippen LogP contribution in [-0.4, -0.2) is 54.9 Å². The van der Waals surface area contributed by atoms with Crippen LogP contribution in [0.4, 0.5) is 0 Å². The van der Waals surface area contributed by atoms with Crippen LogP contribution in [0.15, 0.2) is 0 Å². The standard InChI is InChI=1S/C11H22O6/c1-4-8(13,5-2)9(14,6-3)11(16)10(15,7-12)17-11/h12-16H,4-7H2,1-3H3/t9-,10+,11+/m0/s1. The number of aliphatic hydroxyl groups excluding tert-OH is 1. The van der Waals surface area contributed by atoms with Crippen LogP contribution < -0.4 is 0 Å². The molecule has 0 amide bonds. The van der Waals surface area contributed by atoms with Gasteiger partial charge in [-0.1, -0.05) is 20.8 Å². The number of rotatable bonds is 6. The summed E-state index contributed by atoms with van der Waals surface area (Å²) in [6.07, 6.45) is 0.339. The molecule has 1 aliphatic heterocycles. The van der Waals surface area contributed by atoms with Crippen molar-refractivity contribution < 1.29 is 30.3 Å². The van der Waals surface area contributed by atoms with E-state index in [2.05, 4.69) is 0 Å². The molecule has 0 aromatic carbocycles. The van der Waals surface area contributed by atoms with Gasteiger partial charge in [0, 0.05) is 0 Å². The Morgan fingerprint density at radius 2 is 1.47 bits per heavy atom. The van der Waals surface area contributed by atoms with Crippen LogP contribution in [0.1, 0.15) is 40.0 Å². The Labute approximate surface area is 100 Å². The summed E-state index contributed by atoms with van der Waals surface area (Å²) in [6, 6.07) is 0. The molecule has 1 aliphatic rings. The molecular formula is C11H22O6. The molecule has 0 unspecified atom stereocenters. The summed E-state index contributed by atoms with van der Waals surface area (Å²) in [5, 5.41) is 49.6. The maximum Gasteiger partial charge on any atom is 0.259 e. The molecule has 6 heteroatoms. The molecule has 1 rings (SSSR count). The van der Waals surface area contributed by atoms with E-state index >= 15 is 0 Å². The lowest BCUT2D eigenvalue weighted by atomic mass is 9.71. The quantitative estimate of drug-likeness (QED) is 0.390. The smallest absolute Gasteiger partial charge is 0.259 e. The highest BCUT2D eigenvalue weighted by Gasteiger charge is 2.82. The third-order valence-corrected chi connectivity index (χ3v) is 4.03. The molecule has 0 aromatic heterocycles. The summed E-state index contributed by atoms with van der Waals surface area (Å²) < 4.78 is 4.70. The van der Waals surface area contributed by atoms with Crippen molar-refractivity contribution in [3.8, 4) is 0 Å². The molecule has 1 saturated heterocycles. The number of ether oxygens (including phenoxy) is 1. The van der Waals surface area contributed by atoms with Gasteiger partial charge in [-0.2, -0.15) is 0 Å². The van der Waals surface area contributed by atoms with Crippen molar-refractivity contribution in [2.24, 2.45) is 0 Å². The second-order valence-electron chi connectivity index (χ2n) is 4.64. The Balaban J connectivity index is 3.15. The minimum Gasteiger partial charge on any atom is -0.391 e. The molecule has 6 nitrogen and oxygen atoms in total. The van der Waals surface area contributed by atoms with Crippen LogP contribution in [0.3, 0.4) is 0 Å². The van der Waals surface area contributed by atoms with Crippen molar-refractivity contribution in [3.63, 3.8) is 0 Å². The Bertz CT molecular complexity index is 292. The van der Waals surface area contributed by atoms with Gasteiger partial charge in [0.05, 0.1) is 5.60 Å². The molecular weight excluding hydrogens is 228 g/mol. The predicted molar refractivity (Wildman–Crippen MR) is 58.8 cm³/mol. The Morgan fingerprint density at radius 1 is 1.00 bits per heavy atom. The van der Waals surface area contributed by atoms with E-state index in [-0.39, 0.29) is 19.3 Å². The highest BCUT2D eigenvalue weighted by atomic mass is 16.9. The third kappa shape index (κ3) is 1.63. The molecule has 0 aliphatic carbocycles. The van der Waals surface area contributed by atoms with E-state index in [4.69, 9.17) is 9.84 Å². The predicted octanol–water partition coefficient (Wildman–Crippen LogP) is -0.922. The van der Waals surface area contributed by atoms with Gasteiger partial charge < -0.3 is 30.3 Å². The van der Waals surface area contributed by atoms with Gasteiger partial charge >= 0.3 is 0 Å². The zero-order valence-electron chi connectivity index (χ0n) is 10.5. The van der Waals surface area contributed by atoms with Crippen molar-refractivity contribution in [3.05, 3.63) is 0 Å². The largest absolute Gasteiger partial charge is 0.391 e. The van der Waals surface area contributed by atoms with Crippen molar-refractivity contribution in [1.29, 1.82) is 0 Å². The van der Waals surface area contributed by atoms with Gasteiger partial charge in [0.15, 0.2) is 5.60 Å². The van der Waals surface area contributed by atoms with Crippen LogP contribution in [0.25, 0.3) is 0 Å². The number of aliphatic hydroxyl groups is 5. The first-order valence-electron chi connectivity index (χ1n) is 5.90. The van der Waals surface area contributed by atoms with Crippen molar-refractivity contribution in [1.82, 2.24) is 0 Å². The minimum absolute atomic E-state index is 0.0238. The summed E-state index contributed by atoms with van der Waals surface area (Å²) in [4.78, 5) is 0. The fourth-order valence-corrected chi connectivity index (χ4v) is 2.48. The number of hydrogen-bond donors (Lipinski definition) is 5. The molecule has 0 saturated carbocycles. The van der Waals surface area contributed by atoms with E-state index in [1.807, 2.05) is 0 Å². The van der Waals surface area contributed by atoms with Crippen LogP contribution in [0.2, 0.25) is 0 Å². The summed E-state index contributed by atoms with van der Waals surface area (Å²) in [6.45, 7) is 4.03. The first-order chi connectivity index (χ1) is 7.70. The third-order valence-electron chi connectivity index (χ3n) is 4.03. The van der Waals surface area contributed by atoms with Gasteiger partial charge in [-0.05, 0) is 19.3 Å². The van der Waals surface area contributed by atoms with Crippen molar-refractivity contribution >= 4 is 0 Å². The zero-order valence-corrected chi connectivity index (χ0v) is 10.5. The van der Waals surface area contributed by atoms with Crippen LogP contribution in [-0.2, 0) is 4.74 Å². The molecule has 0 bridgehead atoms. The number of epoxide rings is 1. The van der Waals surface area contributed by atoms with Gasteiger partial charge in [-0.3, -0.25) is 0 Å². The summed E-state index contributed by atoms with van der Waals surface area (Å²) >= 11 is 0. The molecule has 17 heavy (non-hydrogen) atoms. The van der Waals surface area contributed by atoms with Gasteiger partial charge in [-0.15, -0.1) is 0 Å². The first kappa shape index (κ1) is 14.8. The van der Waals surface area contributed by atoms with Crippen molar-refractivity contribution in [2.75, 3.05) is 6.61 Å². The van der Waals surface area contributed by atoms with Gasteiger partial charge in [0.25, 0.3) is 11.6 Å². The highest BCUT2D eigenvalue weighted by Crippen LogP contribution is 2.56. The SMILES string of the molecule is CCC(O)(CC)[C@@](O)(CC)[C@@]1(O)O[C@]1(O)CO. The first-order valence-corrected chi connectivity index (χ1v) is 5.90. The lowest BCUT2D eigenvalue weighted by molar-refractivity contribution is -0.251. The van der Waals surface area contributed by atoms with E-state index in [0.717, 1.165) is 0 Å². The van der Waals surface area contributed by atoms with Crippen LogP contribution in [0, 0.1) is 0 Å². The van der Waals surface area contributed by atoms with E-state index in [9.17, 15) is 20.4 Å². The van der Waals surface area contributed by atoms with Gasteiger partial charge in [0.2, 0.25) is 0 Å². The average Bonchev–Trinajstić information content (AvgIpc) is 2.92. The Hall–Kier alpha value is -0.240. The van der Waals surface area contributed by atoms with Crippen LogP contribution in [0.5, 0.6) is 0 Å². The van der Waals surface area contributed by atoms with E-state index < -0.39 is 29.4 Å². The van der Waals surface area contributed by atoms with Crippen molar-refractivity contribution in [2.45, 2.75) is 62.8 Å². The molecule has 0 aromatic rings. The van der Waals surface area contributed by atoms with E-state index in [1.54, 1.807) is 20.8 Å². The maximum absolute atomic E-state index is 10.5. The fourth-order valence-electron chi connectivity index (χ4n) is 2.48. The molecule has 0 spiro atoms. The monoisotopic (exact) mass is 250 g/mol. The summed E-state index contributed by atoms with van der Waals surface area (Å²) in [5.74, 6) is -4.56. The van der Waals surface area contributed by atoms with Crippen LogP contribution >= 0.6 is 0 Å². The van der Waals surface area contributed by atoms with Gasteiger partial charge in [0.1, 0.15) is 6.61 Å². The second kappa shape index (κ2) is 4.15. The Kier molecular flexibility index (Phi) is 3.62. The van der Waals surface area contributed by atoms with E-state index in [1.165, 1.54) is 0 Å². The highest BCUT2D eigenvalue weighted by molar-refractivity contribution is 5.19. The average molecular weight is 250 g/mol. The molecule has 3 atom stereocenters. The fraction of sp³-hybridized carbons (Fsp3) is 1.00. The summed E-state index contributed by atoms with van der Waals surface area (Å²) in [5.41, 5.74) is -3.64. The zero-order chi connectivity index (χ0) is 13.5. The Morgan fingerprint density at radius 3 is 1.71 bits per heavy atom. The topological polar surface area (TPSA) is 114 Å². The number of hydrogen-bond acceptors (Lipinski definition) is 6. The molecule has 102 valence electrons. The van der Waals surface area contributed by atoms with Gasteiger partial charge in [-0.25, -0.2) is 0 Å². The normalized spacial score (nSPS) is 36.7. The summed E-state index contributed by atoms with van der Waals surface area (Å²) in [7, 11) is 0. The second-order valence-corrected chi connectivity index (χ2v) is 4.64. The lowest BCUT2D eigenvalue weighted by Crippen LogP contribution is -2.65.